The monoisotopic (exact) mass is 281 g/mol. The Kier molecular flexibility index (Phi) is 3.45. The van der Waals surface area contributed by atoms with Gasteiger partial charge in [0.05, 0.1) is 5.69 Å². The van der Waals surface area contributed by atoms with Gasteiger partial charge in [-0.05, 0) is 43.3 Å². The summed E-state index contributed by atoms with van der Waals surface area (Å²) >= 11 is 1.21. The number of sulfonamides is 1. The van der Waals surface area contributed by atoms with E-state index in [-0.39, 0.29) is 0 Å². The largest absolute Gasteiger partial charge is 0.278 e. The minimum Gasteiger partial charge on any atom is -0.278 e. The molecule has 2 aromatic rings. The third-order valence-corrected chi connectivity index (χ3v) is 5.42. The van der Waals surface area contributed by atoms with Gasteiger partial charge in [-0.15, -0.1) is 11.3 Å². The molecule has 0 unspecified atom stereocenters. The molecule has 0 atom stereocenters. The van der Waals surface area contributed by atoms with Gasteiger partial charge in [0.2, 0.25) is 0 Å². The van der Waals surface area contributed by atoms with Gasteiger partial charge in [0, 0.05) is 0 Å². The Balaban J connectivity index is 2.42. The van der Waals surface area contributed by atoms with Crippen molar-refractivity contribution in [2.24, 2.45) is 0 Å². The number of nitrogens with one attached hydrogen (secondary N) is 1. The fraction of sp³-hybridized carbons (Fsp3) is 0.231. The maximum absolute atomic E-state index is 12.2. The Labute approximate surface area is 112 Å². The number of hydrogen-bond acceptors (Lipinski definition) is 3. The Morgan fingerprint density at radius 2 is 1.72 bits per heavy atom. The summed E-state index contributed by atoms with van der Waals surface area (Å²) in [4.78, 5) is 0. The summed E-state index contributed by atoms with van der Waals surface area (Å²) < 4.78 is 27.3. The Morgan fingerprint density at radius 3 is 2.22 bits per heavy atom. The SMILES string of the molecule is Cc1cc(C)c(NS(=O)(=O)c2cccs2)c(C)c1. The molecule has 1 heterocycles. The first-order valence-corrected chi connectivity index (χ1v) is 7.90. The zero-order chi connectivity index (χ0) is 13.3. The highest BCUT2D eigenvalue weighted by Gasteiger charge is 2.17. The Hall–Kier alpha value is -1.33. The van der Waals surface area contributed by atoms with E-state index in [1.807, 2.05) is 32.9 Å². The van der Waals surface area contributed by atoms with Gasteiger partial charge in [-0.25, -0.2) is 8.42 Å². The van der Waals surface area contributed by atoms with Crippen LogP contribution in [-0.4, -0.2) is 8.42 Å². The predicted octanol–water partition coefficient (Wildman–Crippen LogP) is 3.47. The highest BCUT2D eigenvalue weighted by Crippen LogP contribution is 2.26. The summed E-state index contributed by atoms with van der Waals surface area (Å²) in [5.41, 5.74) is 3.68. The van der Waals surface area contributed by atoms with Gasteiger partial charge in [-0.1, -0.05) is 23.8 Å². The predicted molar refractivity (Wildman–Crippen MR) is 75.8 cm³/mol. The van der Waals surface area contributed by atoms with Crippen LogP contribution in [0.3, 0.4) is 0 Å². The van der Waals surface area contributed by atoms with Gasteiger partial charge in [0.25, 0.3) is 10.0 Å². The molecule has 0 aliphatic carbocycles. The zero-order valence-corrected chi connectivity index (χ0v) is 12.2. The molecule has 0 saturated carbocycles. The lowest BCUT2D eigenvalue weighted by Crippen LogP contribution is -2.13. The highest BCUT2D eigenvalue weighted by molar-refractivity contribution is 7.94. The summed E-state index contributed by atoms with van der Waals surface area (Å²) in [6.45, 7) is 5.82. The number of anilines is 1. The summed E-state index contributed by atoms with van der Waals surface area (Å²) in [7, 11) is -3.46. The molecule has 2 rings (SSSR count). The number of thiophene rings is 1. The molecule has 1 aromatic heterocycles. The lowest BCUT2D eigenvalue weighted by atomic mass is 10.1. The molecular formula is C13H15NO2S2. The standard InChI is InChI=1S/C13H15NO2S2/c1-9-7-10(2)13(11(3)8-9)14-18(15,16)12-5-4-6-17-12/h4-8,14H,1-3H3. The molecule has 96 valence electrons. The number of hydrogen-bond donors (Lipinski definition) is 1. The van der Waals surface area contributed by atoms with Crippen LogP contribution in [0.15, 0.2) is 33.9 Å². The molecule has 0 aliphatic rings. The molecule has 0 bridgehead atoms. The molecule has 0 amide bonds. The molecule has 1 aromatic carbocycles. The van der Waals surface area contributed by atoms with E-state index in [0.29, 0.717) is 9.90 Å². The van der Waals surface area contributed by atoms with Crippen LogP contribution in [0.25, 0.3) is 0 Å². The van der Waals surface area contributed by atoms with Crippen LogP contribution in [0.2, 0.25) is 0 Å². The van der Waals surface area contributed by atoms with E-state index >= 15 is 0 Å². The molecule has 18 heavy (non-hydrogen) atoms. The summed E-state index contributed by atoms with van der Waals surface area (Å²) in [6, 6.07) is 7.28. The van der Waals surface area contributed by atoms with Gasteiger partial charge >= 0.3 is 0 Å². The van der Waals surface area contributed by atoms with Crippen LogP contribution < -0.4 is 4.72 Å². The third-order valence-electron chi connectivity index (χ3n) is 2.67. The molecule has 0 spiro atoms. The van der Waals surface area contributed by atoms with Crippen molar-refractivity contribution in [3.05, 3.63) is 46.3 Å². The fourth-order valence-corrected chi connectivity index (χ4v) is 4.14. The van der Waals surface area contributed by atoms with Gasteiger partial charge in [-0.2, -0.15) is 0 Å². The smallest absolute Gasteiger partial charge is 0.271 e. The van der Waals surface area contributed by atoms with E-state index in [4.69, 9.17) is 0 Å². The van der Waals surface area contributed by atoms with Crippen LogP contribution in [0.4, 0.5) is 5.69 Å². The lowest BCUT2D eigenvalue weighted by Gasteiger charge is -2.13. The van der Waals surface area contributed by atoms with Crippen molar-refractivity contribution >= 4 is 27.0 Å². The lowest BCUT2D eigenvalue weighted by molar-refractivity contribution is 0.603. The fourth-order valence-electron chi connectivity index (χ4n) is 1.94. The first-order valence-electron chi connectivity index (χ1n) is 5.54. The van der Waals surface area contributed by atoms with Gasteiger partial charge in [0.1, 0.15) is 4.21 Å². The number of benzene rings is 1. The van der Waals surface area contributed by atoms with E-state index in [1.54, 1.807) is 17.5 Å². The summed E-state index contributed by atoms with van der Waals surface area (Å²) in [6.07, 6.45) is 0. The maximum atomic E-state index is 12.2. The van der Waals surface area contributed by atoms with E-state index < -0.39 is 10.0 Å². The quantitative estimate of drug-likeness (QED) is 0.936. The van der Waals surface area contributed by atoms with Crippen molar-refractivity contribution in [2.45, 2.75) is 25.0 Å². The van der Waals surface area contributed by atoms with Crippen molar-refractivity contribution in [2.75, 3.05) is 4.72 Å². The normalized spacial score (nSPS) is 11.5. The number of rotatable bonds is 3. The van der Waals surface area contributed by atoms with Gasteiger partial charge < -0.3 is 0 Å². The van der Waals surface area contributed by atoms with Crippen molar-refractivity contribution in [1.29, 1.82) is 0 Å². The summed E-state index contributed by atoms with van der Waals surface area (Å²) in [5, 5.41) is 1.75. The Morgan fingerprint density at radius 1 is 1.11 bits per heavy atom. The minimum atomic E-state index is -3.46. The Bertz CT molecular complexity index is 635. The van der Waals surface area contributed by atoms with Crippen molar-refractivity contribution < 1.29 is 8.42 Å². The molecule has 0 aliphatic heterocycles. The van der Waals surface area contributed by atoms with E-state index in [2.05, 4.69) is 4.72 Å². The zero-order valence-electron chi connectivity index (χ0n) is 10.5. The van der Waals surface area contributed by atoms with Crippen LogP contribution in [-0.2, 0) is 10.0 Å². The van der Waals surface area contributed by atoms with Crippen LogP contribution in [0, 0.1) is 20.8 Å². The van der Waals surface area contributed by atoms with Crippen LogP contribution in [0.1, 0.15) is 16.7 Å². The second-order valence-corrected chi connectivity index (χ2v) is 7.17. The van der Waals surface area contributed by atoms with Crippen LogP contribution >= 0.6 is 11.3 Å². The van der Waals surface area contributed by atoms with Crippen molar-refractivity contribution in [3.63, 3.8) is 0 Å². The van der Waals surface area contributed by atoms with Crippen molar-refractivity contribution in [3.8, 4) is 0 Å². The average Bonchev–Trinajstić information content (AvgIpc) is 2.77. The van der Waals surface area contributed by atoms with Crippen LogP contribution in [0.5, 0.6) is 0 Å². The highest BCUT2D eigenvalue weighted by atomic mass is 32.2. The van der Waals surface area contributed by atoms with Crippen molar-refractivity contribution in [1.82, 2.24) is 0 Å². The molecule has 0 radical (unpaired) electrons. The molecular weight excluding hydrogens is 266 g/mol. The maximum Gasteiger partial charge on any atom is 0.271 e. The molecule has 0 fully saturated rings. The minimum absolute atomic E-state index is 0.335. The second kappa shape index (κ2) is 4.74. The van der Waals surface area contributed by atoms with E-state index in [1.165, 1.54) is 11.3 Å². The molecule has 1 N–H and O–H groups in total. The average molecular weight is 281 g/mol. The summed E-state index contributed by atoms with van der Waals surface area (Å²) in [5.74, 6) is 0. The number of aryl methyl sites for hydroxylation is 3. The van der Waals surface area contributed by atoms with Gasteiger partial charge in [-0.3, -0.25) is 4.72 Å². The van der Waals surface area contributed by atoms with Gasteiger partial charge in [0.15, 0.2) is 0 Å². The molecule has 5 heteroatoms. The topological polar surface area (TPSA) is 46.2 Å². The first-order chi connectivity index (χ1) is 8.40. The third kappa shape index (κ3) is 2.57. The van der Waals surface area contributed by atoms with E-state index in [9.17, 15) is 8.42 Å². The molecule has 3 nitrogen and oxygen atoms in total. The molecule has 0 saturated heterocycles. The van der Waals surface area contributed by atoms with E-state index in [0.717, 1.165) is 16.7 Å². The second-order valence-electron chi connectivity index (χ2n) is 4.31. The first kappa shape index (κ1) is 13.1.